The quantitative estimate of drug-likeness (QED) is 0.345. The molecule has 3 aliphatic rings. The molecular formula is C34H38F3N3O3. The molecule has 0 spiro atoms. The minimum absolute atomic E-state index is 0.0193. The first-order chi connectivity index (χ1) is 20.2. The molecule has 228 valence electrons. The summed E-state index contributed by atoms with van der Waals surface area (Å²) in [4.78, 5) is 47.8. The fraction of sp³-hybridized carbons (Fsp3) is 0.471. The number of rotatable bonds is 8. The second kappa shape index (κ2) is 11.4. The third kappa shape index (κ3) is 6.31. The molecule has 1 heterocycles. The Hall–Kier alpha value is -3.75. The summed E-state index contributed by atoms with van der Waals surface area (Å²) in [6.45, 7) is 5.97. The Morgan fingerprint density at radius 1 is 1.00 bits per heavy atom. The van der Waals surface area contributed by atoms with Crippen LogP contribution < -0.4 is 10.2 Å². The Morgan fingerprint density at radius 2 is 1.60 bits per heavy atom. The van der Waals surface area contributed by atoms with Crippen LogP contribution >= 0.6 is 0 Å². The highest BCUT2D eigenvalue weighted by Gasteiger charge is 2.51. The highest BCUT2D eigenvalue weighted by molar-refractivity contribution is 6.21. The Kier molecular flexibility index (Phi) is 8.13. The number of allylic oxidation sites excluding steroid dienone is 2. The van der Waals surface area contributed by atoms with Crippen LogP contribution in [0.3, 0.4) is 0 Å². The van der Waals surface area contributed by atoms with Crippen molar-refractivity contribution in [1.82, 2.24) is 5.32 Å². The molecule has 0 aromatic heterocycles. The molecule has 1 saturated carbocycles. The third-order valence-electron chi connectivity index (χ3n) is 8.74. The van der Waals surface area contributed by atoms with Gasteiger partial charge in [0.25, 0.3) is 5.91 Å². The number of anilines is 1. The smallest absolute Gasteiger partial charge is 0.326 e. The number of carbonyl (C=O) groups excluding carboxylic acids is 3. The van der Waals surface area contributed by atoms with Crippen molar-refractivity contribution < 1.29 is 27.6 Å². The summed E-state index contributed by atoms with van der Waals surface area (Å²) in [6, 6.07) is 11.7. The molecule has 1 fully saturated rings. The van der Waals surface area contributed by atoms with Gasteiger partial charge in [-0.25, -0.2) is 4.99 Å². The topological polar surface area (TPSA) is 78.8 Å². The van der Waals surface area contributed by atoms with Gasteiger partial charge in [-0.2, -0.15) is 13.2 Å². The van der Waals surface area contributed by atoms with Crippen molar-refractivity contribution in [3.05, 3.63) is 77.4 Å². The number of aliphatic imine (C=N–C) groups is 1. The first-order valence-corrected chi connectivity index (χ1v) is 14.8. The van der Waals surface area contributed by atoms with Gasteiger partial charge in [-0.05, 0) is 42.7 Å². The standard InChI is InChI=1S/C34H38F3N3O3/c1-32(2,3)20-27(41)33(17-9-10-18-33)25(19-21-15-16-21)30(42)39-29-31(43)40(4)26-14-8-6-12-23(26)28(38-29)22-11-5-7-13-24(22)34(35,36)37/h5-14,21,25,29H,15-20H2,1-4H3,(H,39,42)/t25-,29?/m0/s1. The van der Waals surface area contributed by atoms with E-state index in [2.05, 4.69) is 10.3 Å². The Bertz CT molecular complexity index is 1480. The van der Waals surface area contributed by atoms with Gasteiger partial charge >= 0.3 is 6.18 Å². The van der Waals surface area contributed by atoms with Gasteiger partial charge in [0.2, 0.25) is 12.1 Å². The molecule has 2 aromatic carbocycles. The number of ketones is 1. The van der Waals surface area contributed by atoms with Crippen LogP contribution in [-0.4, -0.2) is 36.5 Å². The number of Topliss-reactive ketones (excluding diaryl/α,β-unsaturated/α-hetero) is 1. The maximum absolute atomic E-state index is 14.2. The van der Waals surface area contributed by atoms with E-state index in [9.17, 15) is 27.6 Å². The molecule has 5 rings (SSSR count). The normalized spacial score (nSPS) is 20.7. The second-order valence-corrected chi connectivity index (χ2v) is 13.3. The minimum Gasteiger partial charge on any atom is -0.326 e. The molecule has 0 radical (unpaired) electrons. The number of benzodiazepines with no additional fused rings is 1. The predicted molar refractivity (Wildman–Crippen MR) is 160 cm³/mol. The molecule has 1 aliphatic heterocycles. The van der Waals surface area contributed by atoms with E-state index in [0.717, 1.165) is 18.9 Å². The maximum atomic E-state index is 14.2. The van der Waals surface area contributed by atoms with Crippen molar-refractivity contribution in [3.63, 3.8) is 0 Å². The maximum Gasteiger partial charge on any atom is 0.417 e. The number of nitrogens with zero attached hydrogens (tertiary/aromatic N) is 2. The van der Waals surface area contributed by atoms with Gasteiger partial charge in [0.15, 0.2) is 0 Å². The van der Waals surface area contributed by atoms with Gasteiger partial charge in [0.1, 0.15) is 5.78 Å². The molecule has 0 saturated heterocycles. The predicted octanol–water partition coefficient (Wildman–Crippen LogP) is 6.72. The number of hydrogen-bond acceptors (Lipinski definition) is 4. The number of benzene rings is 2. The van der Waals surface area contributed by atoms with E-state index in [1.54, 1.807) is 24.3 Å². The number of carbonyl (C=O) groups is 3. The minimum atomic E-state index is -4.67. The lowest BCUT2D eigenvalue weighted by atomic mass is 9.65. The van der Waals surface area contributed by atoms with Crippen LogP contribution in [0, 0.1) is 22.7 Å². The number of fused-ring (bicyclic) bond motifs is 1. The summed E-state index contributed by atoms with van der Waals surface area (Å²) in [5, 5.41) is 2.81. The van der Waals surface area contributed by atoms with Gasteiger partial charge in [-0.1, -0.05) is 82.2 Å². The number of likely N-dealkylation sites (N-methyl/N-ethyl adjacent to an activating group) is 1. The van der Waals surface area contributed by atoms with Crippen LogP contribution in [-0.2, 0) is 20.6 Å². The van der Waals surface area contributed by atoms with Crippen molar-refractivity contribution in [1.29, 1.82) is 0 Å². The molecule has 1 N–H and O–H groups in total. The van der Waals surface area contributed by atoms with Crippen LogP contribution in [0.4, 0.5) is 18.9 Å². The molecule has 9 heteroatoms. The fourth-order valence-electron chi connectivity index (χ4n) is 6.31. The molecule has 2 amide bonds. The van der Waals surface area contributed by atoms with Gasteiger partial charge in [-0.15, -0.1) is 0 Å². The fourth-order valence-corrected chi connectivity index (χ4v) is 6.31. The molecule has 6 nitrogen and oxygen atoms in total. The lowest BCUT2D eigenvalue weighted by Crippen LogP contribution is -2.52. The second-order valence-electron chi connectivity index (χ2n) is 13.3. The Labute approximate surface area is 250 Å². The molecule has 2 atom stereocenters. The highest BCUT2D eigenvalue weighted by atomic mass is 19.4. The summed E-state index contributed by atoms with van der Waals surface area (Å²) in [7, 11) is 1.52. The average molecular weight is 594 g/mol. The number of halogens is 3. The molecule has 1 unspecified atom stereocenters. The molecule has 2 aromatic rings. The van der Waals surface area contributed by atoms with Crippen LogP contribution in [0.2, 0.25) is 0 Å². The van der Waals surface area contributed by atoms with E-state index in [-0.39, 0.29) is 22.5 Å². The number of nitrogens with one attached hydrogen (secondary N) is 1. The van der Waals surface area contributed by atoms with Crippen molar-refractivity contribution in [2.24, 2.45) is 27.7 Å². The number of hydrogen-bond donors (Lipinski definition) is 1. The van der Waals surface area contributed by atoms with E-state index in [1.165, 1.54) is 30.1 Å². The summed E-state index contributed by atoms with van der Waals surface area (Å²) < 4.78 is 42.4. The zero-order chi connectivity index (χ0) is 31.2. The van der Waals surface area contributed by atoms with E-state index in [1.807, 2.05) is 32.9 Å². The van der Waals surface area contributed by atoms with Gasteiger partial charge in [0.05, 0.1) is 22.9 Å². The van der Waals surface area contributed by atoms with E-state index in [0.29, 0.717) is 42.9 Å². The van der Waals surface area contributed by atoms with Gasteiger partial charge in [-0.3, -0.25) is 14.4 Å². The highest BCUT2D eigenvalue weighted by Crippen LogP contribution is 2.50. The zero-order valence-electron chi connectivity index (χ0n) is 25.0. The van der Waals surface area contributed by atoms with Crippen LogP contribution in [0.1, 0.15) is 76.0 Å². The molecular weight excluding hydrogens is 555 g/mol. The van der Waals surface area contributed by atoms with E-state index >= 15 is 0 Å². The van der Waals surface area contributed by atoms with Crippen molar-refractivity contribution in [2.75, 3.05) is 11.9 Å². The Balaban J connectivity index is 1.57. The zero-order valence-corrected chi connectivity index (χ0v) is 25.0. The van der Waals surface area contributed by atoms with E-state index < -0.39 is 41.1 Å². The molecule has 43 heavy (non-hydrogen) atoms. The average Bonchev–Trinajstić information content (AvgIpc) is 3.65. The van der Waals surface area contributed by atoms with Gasteiger partial charge < -0.3 is 10.2 Å². The summed E-state index contributed by atoms with van der Waals surface area (Å²) in [5.41, 5.74) is -1.59. The SMILES string of the molecule is CN1C(=O)C(NC(=O)[C@H](CC2CC2)C2(C(=O)CC(C)(C)C)CC=CC2)N=C(c2ccccc2C(F)(F)F)c2ccccc21. The van der Waals surface area contributed by atoms with Crippen LogP contribution in [0.5, 0.6) is 0 Å². The lowest BCUT2D eigenvalue weighted by molar-refractivity contribution is -0.143. The number of alkyl halides is 3. The molecule has 0 bridgehead atoms. The monoisotopic (exact) mass is 593 g/mol. The van der Waals surface area contributed by atoms with Crippen molar-refractivity contribution in [3.8, 4) is 0 Å². The summed E-state index contributed by atoms with van der Waals surface area (Å²) in [5.74, 6) is -1.42. The van der Waals surface area contributed by atoms with Gasteiger partial charge in [0, 0.05) is 30.0 Å². The van der Waals surface area contributed by atoms with E-state index in [4.69, 9.17) is 0 Å². The van der Waals surface area contributed by atoms with Crippen LogP contribution in [0.25, 0.3) is 0 Å². The molecule has 2 aliphatic carbocycles. The third-order valence-corrected chi connectivity index (χ3v) is 8.74. The largest absolute Gasteiger partial charge is 0.417 e. The number of amides is 2. The first-order valence-electron chi connectivity index (χ1n) is 14.8. The number of para-hydroxylation sites is 1. The summed E-state index contributed by atoms with van der Waals surface area (Å²) in [6.07, 6.45) is 1.36. The summed E-state index contributed by atoms with van der Waals surface area (Å²) >= 11 is 0. The van der Waals surface area contributed by atoms with Crippen molar-refractivity contribution in [2.45, 2.75) is 71.6 Å². The Morgan fingerprint density at radius 3 is 2.21 bits per heavy atom. The lowest BCUT2D eigenvalue weighted by Gasteiger charge is -2.38. The van der Waals surface area contributed by atoms with Crippen LogP contribution in [0.15, 0.2) is 65.7 Å². The van der Waals surface area contributed by atoms with Crippen molar-refractivity contribution >= 4 is 29.0 Å². The first kappa shape index (κ1) is 30.7.